The first-order valence-corrected chi connectivity index (χ1v) is 7.86. The van der Waals surface area contributed by atoms with Crippen LogP contribution in [0.2, 0.25) is 0 Å². The zero-order valence-corrected chi connectivity index (χ0v) is 15.1. The minimum absolute atomic E-state index is 0.0761. The van der Waals surface area contributed by atoms with Crippen LogP contribution in [0.25, 0.3) is 0 Å². The molecule has 0 saturated carbocycles. The van der Waals surface area contributed by atoms with Crippen molar-refractivity contribution in [2.24, 2.45) is 0 Å². The summed E-state index contributed by atoms with van der Waals surface area (Å²) >= 11 is 0. The molecule has 0 bridgehead atoms. The Labute approximate surface area is 150 Å². The van der Waals surface area contributed by atoms with Crippen LogP contribution in [0.15, 0.2) is 29.2 Å². The maximum Gasteiger partial charge on any atom is 0.294 e. The van der Waals surface area contributed by atoms with Crippen LogP contribution in [0.4, 0.5) is 23.0 Å². The highest BCUT2D eigenvalue weighted by molar-refractivity contribution is 5.76. The maximum atomic E-state index is 11.5. The molecule has 0 saturated heterocycles. The second kappa shape index (κ2) is 8.30. The van der Waals surface area contributed by atoms with Gasteiger partial charge in [-0.3, -0.25) is 19.9 Å². The fraction of sp³-hybridized carbons (Fsp3) is 0.375. The topological polar surface area (TPSA) is 117 Å². The summed E-state index contributed by atoms with van der Waals surface area (Å²) in [5, 5.41) is 14.4. The molecule has 0 amide bonds. The Morgan fingerprint density at radius 1 is 1.31 bits per heavy atom. The normalized spacial score (nSPS) is 10.7. The SMILES string of the molecule is COc1cc(N(C)CCN(C)C)c([N+](=O)[O-])cc1Nc1nccc(=O)[nH]1. The van der Waals surface area contributed by atoms with E-state index in [0.717, 1.165) is 6.54 Å². The predicted octanol–water partition coefficient (Wildman–Crippen LogP) is 1.43. The number of nitro benzene ring substituents is 1. The molecule has 1 heterocycles. The number of hydrogen-bond acceptors (Lipinski definition) is 8. The molecule has 0 unspecified atom stereocenters. The average molecular weight is 362 g/mol. The Kier molecular flexibility index (Phi) is 6.12. The van der Waals surface area contributed by atoms with Crippen LogP contribution in [-0.2, 0) is 0 Å². The smallest absolute Gasteiger partial charge is 0.294 e. The van der Waals surface area contributed by atoms with E-state index in [1.54, 1.807) is 18.0 Å². The number of nitrogens with one attached hydrogen (secondary N) is 2. The zero-order chi connectivity index (χ0) is 19.3. The third kappa shape index (κ3) is 4.70. The van der Waals surface area contributed by atoms with Crippen LogP contribution >= 0.6 is 0 Å². The van der Waals surface area contributed by atoms with Crippen molar-refractivity contribution in [2.75, 3.05) is 51.6 Å². The number of aromatic amines is 1. The first kappa shape index (κ1) is 19.2. The lowest BCUT2D eigenvalue weighted by Gasteiger charge is -2.22. The first-order valence-electron chi connectivity index (χ1n) is 7.86. The summed E-state index contributed by atoms with van der Waals surface area (Å²) in [4.78, 5) is 32.8. The third-order valence-corrected chi connectivity index (χ3v) is 3.71. The summed E-state index contributed by atoms with van der Waals surface area (Å²) in [5.41, 5.74) is 0.357. The lowest BCUT2D eigenvalue weighted by molar-refractivity contribution is -0.384. The lowest BCUT2D eigenvalue weighted by atomic mass is 10.2. The number of hydrogen-bond donors (Lipinski definition) is 2. The van der Waals surface area contributed by atoms with Crippen LogP contribution < -0.4 is 20.5 Å². The molecule has 1 aromatic carbocycles. The Balaban J connectivity index is 2.42. The number of H-pyrrole nitrogens is 1. The Morgan fingerprint density at radius 2 is 2.04 bits per heavy atom. The summed E-state index contributed by atoms with van der Waals surface area (Å²) in [6.45, 7) is 1.35. The van der Waals surface area contributed by atoms with Crippen LogP contribution in [0.5, 0.6) is 5.75 Å². The number of methoxy groups -OCH3 is 1. The van der Waals surface area contributed by atoms with Crippen LogP contribution in [0.1, 0.15) is 0 Å². The highest BCUT2D eigenvalue weighted by Crippen LogP contribution is 2.38. The van der Waals surface area contributed by atoms with E-state index in [4.69, 9.17) is 4.74 Å². The summed E-state index contributed by atoms with van der Waals surface area (Å²) < 4.78 is 5.36. The monoisotopic (exact) mass is 362 g/mol. The Bertz CT molecular complexity index is 836. The molecule has 2 aromatic rings. The van der Waals surface area contributed by atoms with Gasteiger partial charge in [-0.1, -0.05) is 0 Å². The van der Waals surface area contributed by atoms with E-state index in [1.807, 2.05) is 19.0 Å². The highest BCUT2D eigenvalue weighted by Gasteiger charge is 2.22. The van der Waals surface area contributed by atoms with Crippen LogP contribution in [0.3, 0.4) is 0 Å². The fourth-order valence-electron chi connectivity index (χ4n) is 2.31. The molecule has 0 atom stereocenters. The number of benzene rings is 1. The molecule has 2 N–H and O–H groups in total. The van der Waals surface area contributed by atoms with E-state index >= 15 is 0 Å². The first-order chi connectivity index (χ1) is 12.3. The number of rotatable bonds is 8. The van der Waals surface area contributed by atoms with E-state index in [0.29, 0.717) is 23.7 Å². The number of ether oxygens (including phenoxy) is 1. The van der Waals surface area contributed by atoms with Gasteiger partial charge in [-0.2, -0.15) is 0 Å². The molecule has 26 heavy (non-hydrogen) atoms. The van der Waals surface area contributed by atoms with Crippen LogP contribution in [-0.4, -0.2) is 61.1 Å². The summed E-state index contributed by atoms with van der Waals surface area (Å²) in [7, 11) is 7.12. The quantitative estimate of drug-likeness (QED) is 0.535. The van der Waals surface area contributed by atoms with Gasteiger partial charge in [0.1, 0.15) is 11.4 Å². The number of likely N-dealkylation sites (N-methyl/N-ethyl adjacent to an activating group) is 2. The molecule has 1 aromatic heterocycles. The van der Waals surface area contributed by atoms with Gasteiger partial charge in [0.2, 0.25) is 5.95 Å². The number of anilines is 3. The van der Waals surface area contributed by atoms with Gasteiger partial charge < -0.3 is 19.9 Å². The summed E-state index contributed by atoms with van der Waals surface area (Å²) in [6, 6.07) is 4.23. The van der Waals surface area contributed by atoms with Crippen molar-refractivity contribution in [1.29, 1.82) is 0 Å². The lowest BCUT2D eigenvalue weighted by Crippen LogP contribution is -2.29. The van der Waals surface area contributed by atoms with Crippen molar-refractivity contribution in [3.63, 3.8) is 0 Å². The van der Waals surface area contributed by atoms with Gasteiger partial charge in [0, 0.05) is 44.5 Å². The maximum absolute atomic E-state index is 11.5. The number of aromatic nitrogens is 2. The number of nitro groups is 1. The van der Waals surface area contributed by atoms with E-state index in [9.17, 15) is 14.9 Å². The highest BCUT2D eigenvalue weighted by atomic mass is 16.6. The van der Waals surface area contributed by atoms with Crippen molar-refractivity contribution in [2.45, 2.75) is 0 Å². The van der Waals surface area contributed by atoms with Gasteiger partial charge in [-0.15, -0.1) is 0 Å². The second-order valence-corrected chi connectivity index (χ2v) is 5.93. The molecule has 0 aliphatic carbocycles. The molecule has 0 spiro atoms. The van der Waals surface area contributed by atoms with E-state index in [-0.39, 0.29) is 17.2 Å². The zero-order valence-electron chi connectivity index (χ0n) is 15.1. The molecular weight excluding hydrogens is 340 g/mol. The van der Waals surface area contributed by atoms with Crippen molar-refractivity contribution < 1.29 is 9.66 Å². The van der Waals surface area contributed by atoms with Gasteiger partial charge in [-0.25, -0.2) is 4.98 Å². The molecule has 10 heteroatoms. The van der Waals surface area contributed by atoms with E-state index in [1.165, 1.54) is 25.4 Å². The fourth-order valence-corrected chi connectivity index (χ4v) is 2.31. The molecule has 0 aliphatic heterocycles. The molecule has 10 nitrogen and oxygen atoms in total. The van der Waals surface area contributed by atoms with Crippen molar-refractivity contribution >= 4 is 23.0 Å². The van der Waals surface area contributed by atoms with Crippen molar-refractivity contribution in [1.82, 2.24) is 14.9 Å². The predicted molar refractivity (Wildman–Crippen MR) is 99.6 cm³/mol. The Hall–Kier alpha value is -3.14. The van der Waals surface area contributed by atoms with E-state index in [2.05, 4.69) is 15.3 Å². The van der Waals surface area contributed by atoms with Gasteiger partial charge in [0.25, 0.3) is 11.2 Å². The van der Waals surface area contributed by atoms with Crippen molar-refractivity contribution in [3.05, 3.63) is 44.9 Å². The van der Waals surface area contributed by atoms with Crippen LogP contribution in [0, 0.1) is 10.1 Å². The minimum atomic E-state index is -0.451. The molecular formula is C16H22N6O4. The molecule has 140 valence electrons. The van der Waals surface area contributed by atoms with Gasteiger partial charge in [0.15, 0.2) is 0 Å². The largest absolute Gasteiger partial charge is 0.494 e. The molecule has 0 radical (unpaired) electrons. The number of nitrogens with zero attached hydrogens (tertiary/aromatic N) is 4. The summed E-state index contributed by atoms with van der Waals surface area (Å²) in [5.74, 6) is 0.563. The van der Waals surface area contributed by atoms with Gasteiger partial charge >= 0.3 is 0 Å². The van der Waals surface area contributed by atoms with E-state index < -0.39 is 4.92 Å². The van der Waals surface area contributed by atoms with Gasteiger partial charge in [-0.05, 0) is 14.1 Å². The standard InChI is InChI=1S/C16H22N6O4/c1-20(2)7-8-21(3)12-10-14(26-4)11(9-13(12)22(24)25)18-16-17-6-5-15(23)19-16/h5-6,9-10H,7-8H2,1-4H3,(H2,17,18,19,23). The average Bonchev–Trinajstić information content (AvgIpc) is 2.59. The molecule has 0 aliphatic rings. The Morgan fingerprint density at radius 3 is 2.62 bits per heavy atom. The minimum Gasteiger partial charge on any atom is -0.494 e. The van der Waals surface area contributed by atoms with Crippen molar-refractivity contribution in [3.8, 4) is 5.75 Å². The molecule has 0 fully saturated rings. The van der Waals surface area contributed by atoms with Gasteiger partial charge in [0.05, 0.1) is 17.7 Å². The molecule has 2 rings (SSSR count). The third-order valence-electron chi connectivity index (χ3n) is 3.71. The summed E-state index contributed by atoms with van der Waals surface area (Å²) in [6.07, 6.45) is 1.34. The second-order valence-electron chi connectivity index (χ2n) is 5.93.